The fourth-order valence-electron chi connectivity index (χ4n) is 3.10. The maximum absolute atomic E-state index is 12.4. The van der Waals surface area contributed by atoms with E-state index >= 15 is 0 Å². The average molecular weight is 410 g/mol. The molecule has 0 bridgehead atoms. The summed E-state index contributed by atoms with van der Waals surface area (Å²) in [7, 11) is 0. The SMILES string of the molecule is O=C1NC(=Nc2ccccc2)S/C1=C\c1cc([N+](=O)[O-])ccc1N1CCOCC1. The van der Waals surface area contributed by atoms with Gasteiger partial charge in [0.15, 0.2) is 5.17 Å². The Kier molecular flexibility index (Phi) is 5.59. The van der Waals surface area contributed by atoms with Crippen LogP contribution in [0.15, 0.2) is 58.4 Å². The van der Waals surface area contributed by atoms with Crippen LogP contribution in [-0.4, -0.2) is 42.3 Å². The van der Waals surface area contributed by atoms with Crippen molar-refractivity contribution in [3.8, 4) is 0 Å². The first-order valence-corrected chi connectivity index (χ1v) is 9.87. The Morgan fingerprint density at radius 2 is 1.93 bits per heavy atom. The van der Waals surface area contributed by atoms with Gasteiger partial charge in [0.2, 0.25) is 0 Å². The van der Waals surface area contributed by atoms with Crippen LogP contribution in [0.5, 0.6) is 0 Å². The highest BCUT2D eigenvalue weighted by atomic mass is 32.2. The highest BCUT2D eigenvalue weighted by molar-refractivity contribution is 8.18. The van der Waals surface area contributed by atoms with E-state index in [2.05, 4.69) is 15.2 Å². The summed E-state index contributed by atoms with van der Waals surface area (Å²) in [5, 5.41) is 14.5. The Bertz CT molecular complexity index is 1000. The summed E-state index contributed by atoms with van der Waals surface area (Å²) < 4.78 is 5.39. The number of hydrogen-bond acceptors (Lipinski definition) is 7. The highest BCUT2D eigenvalue weighted by Gasteiger charge is 2.25. The molecule has 4 rings (SSSR count). The number of ether oxygens (including phenoxy) is 1. The number of amides is 1. The molecular formula is C20H18N4O4S. The first-order valence-electron chi connectivity index (χ1n) is 9.06. The molecule has 0 unspecified atom stereocenters. The highest BCUT2D eigenvalue weighted by Crippen LogP contribution is 2.33. The fraction of sp³-hybridized carbons (Fsp3) is 0.200. The van der Waals surface area contributed by atoms with Crippen LogP contribution < -0.4 is 10.2 Å². The summed E-state index contributed by atoms with van der Waals surface area (Å²) in [6.45, 7) is 2.56. The summed E-state index contributed by atoms with van der Waals surface area (Å²) in [5.74, 6) is -0.274. The van der Waals surface area contributed by atoms with E-state index < -0.39 is 4.92 Å². The summed E-state index contributed by atoms with van der Waals surface area (Å²) in [4.78, 5) is 30.2. The zero-order chi connectivity index (χ0) is 20.2. The average Bonchev–Trinajstić information content (AvgIpc) is 3.08. The third kappa shape index (κ3) is 4.47. The van der Waals surface area contributed by atoms with Crippen LogP contribution in [0.4, 0.5) is 17.1 Å². The molecule has 0 atom stereocenters. The molecular weight excluding hydrogens is 392 g/mol. The third-order valence-electron chi connectivity index (χ3n) is 4.50. The lowest BCUT2D eigenvalue weighted by atomic mass is 10.1. The standard InChI is InChI=1S/C20H18N4O4S/c25-19-18(29-20(22-19)21-15-4-2-1-3-5-15)13-14-12-16(24(26)27)6-7-17(14)23-8-10-28-11-9-23/h1-7,12-13H,8-11H2,(H,21,22,25)/b18-13-. The second-order valence-corrected chi connectivity index (χ2v) is 7.45. The number of para-hydroxylation sites is 1. The van der Waals surface area contributed by atoms with Gasteiger partial charge in [-0.2, -0.15) is 0 Å². The normalized spacial score (nSPS) is 19.6. The molecule has 0 aliphatic carbocycles. The molecule has 2 aromatic rings. The lowest BCUT2D eigenvalue weighted by molar-refractivity contribution is -0.384. The Morgan fingerprint density at radius 1 is 1.17 bits per heavy atom. The number of nitrogens with zero attached hydrogens (tertiary/aromatic N) is 3. The second kappa shape index (κ2) is 8.46. The molecule has 0 radical (unpaired) electrons. The van der Waals surface area contributed by atoms with Crippen molar-refractivity contribution in [1.29, 1.82) is 0 Å². The number of rotatable bonds is 4. The Balaban J connectivity index is 1.67. The number of morpholine rings is 1. The van der Waals surface area contributed by atoms with Gasteiger partial charge >= 0.3 is 0 Å². The number of nitro groups is 1. The largest absolute Gasteiger partial charge is 0.378 e. The molecule has 0 saturated carbocycles. The number of non-ortho nitro benzene ring substituents is 1. The van der Waals surface area contributed by atoms with Crippen molar-refractivity contribution >= 4 is 46.0 Å². The molecule has 2 fully saturated rings. The van der Waals surface area contributed by atoms with Crippen LogP contribution in [0.3, 0.4) is 0 Å². The molecule has 2 heterocycles. The number of carbonyl (C=O) groups excluding carboxylic acids is 1. The van der Waals surface area contributed by atoms with Crippen LogP contribution >= 0.6 is 11.8 Å². The monoisotopic (exact) mass is 410 g/mol. The molecule has 148 valence electrons. The van der Waals surface area contributed by atoms with Gasteiger partial charge in [0.25, 0.3) is 11.6 Å². The topological polar surface area (TPSA) is 97.1 Å². The number of nitro benzene ring substituents is 1. The Morgan fingerprint density at radius 3 is 2.66 bits per heavy atom. The van der Waals surface area contributed by atoms with Gasteiger partial charge in [-0.3, -0.25) is 14.9 Å². The molecule has 1 N–H and O–H groups in total. The van der Waals surface area contributed by atoms with Gasteiger partial charge in [-0.15, -0.1) is 0 Å². The number of carbonyl (C=O) groups is 1. The molecule has 8 nitrogen and oxygen atoms in total. The van der Waals surface area contributed by atoms with Gasteiger partial charge in [0, 0.05) is 36.5 Å². The number of thioether (sulfide) groups is 1. The van der Waals surface area contributed by atoms with Crippen molar-refractivity contribution in [2.75, 3.05) is 31.2 Å². The van der Waals surface area contributed by atoms with Crippen molar-refractivity contribution < 1.29 is 14.5 Å². The maximum atomic E-state index is 12.4. The summed E-state index contributed by atoms with van der Waals surface area (Å²) in [6.07, 6.45) is 1.69. The van der Waals surface area contributed by atoms with Crippen molar-refractivity contribution in [2.45, 2.75) is 0 Å². The van der Waals surface area contributed by atoms with Crippen molar-refractivity contribution in [1.82, 2.24) is 5.32 Å². The van der Waals surface area contributed by atoms with Gasteiger partial charge in [-0.1, -0.05) is 18.2 Å². The van der Waals surface area contributed by atoms with Gasteiger partial charge in [0.05, 0.1) is 28.7 Å². The molecule has 2 aliphatic heterocycles. The van der Waals surface area contributed by atoms with Gasteiger partial charge < -0.3 is 15.0 Å². The van der Waals surface area contributed by atoms with E-state index in [1.54, 1.807) is 12.1 Å². The number of nitrogens with one attached hydrogen (secondary N) is 1. The van der Waals surface area contributed by atoms with Crippen LogP contribution in [0.1, 0.15) is 5.56 Å². The van der Waals surface area contributed by atoms with E-state index in [4.69, 9.17) is 4.74 Å². The van der Waals surface area contributed by atoms with E-state index in [9.17, 15) is 14.9 Å². The number of benzene rings is 2. The molecule has 1 amide bonds. The van der Waals surface area contributed by atoms with Gasteiger partial charge in [-0.25, -0.2) is 4.99 Å². The number of hydrogen-bond donors (Lipinski definition) is 1. The molecule has 0 aromatic heterocycles. The minimum Gasteiger partial charge on any atom is -0.378 e. The van der Waals surface area contributed by atoms with Crippen molar-refractivity contribution in [3.63, 3.8) is 0 Å². The number of anilines is 1. The minimum absolute atomic E-state index is 0.0181. The van der Waals surface area contributed by atoms with E-state index in [-0.39, 0.29) is 11.6 Å². The molecule has 2 aliphatic rings. The zero-order valence-corrected chi connectivity index (χ0v) is 16.2. The van der Waals surface area contributed by atoms with Crippen LogP contribution in [0.25, 0.3) is 6.08 Å². The van der Waals surface area contributed by atoms with Crippen LogP contribution in [-0.2, 0) is 9.53 Å². The Hall–Kier alpha value is -3.17. The van der Waals surface area contributed by atoms with E-state index in [0.717, 1.165) is 11.4 Å². The molecule has 29 heavy (non-hydrogen) atoms. The molecule has 0 spiro atoms. The third-order valence-corrected chi connectivity index (χ3v) is 5.41. The van der Waals surface area contributed by atoms with E-state index in [1.165, 1.54) is 23.9 Å². The molecule has 9 heteroatoms. The lowest BCUT2D eigenvalue weighted by Crippen LogP contribution is -2.36. The van der Waals surface area contributed by atoms with Crippen molar-refractivity contribution in [2.24, 2.45) is 4.99 Å². The van der Waals surface area contributed by atoms with E-state index in [1.807, 2.05) is 30.3 Å². The summed E-state index contributed by atoms with van der Waals surface area (Å²) >= 11 is 1.22. The quantitative estimate of drug-likeness (QED) is 0.472. The smallest absolute Gasteiger partial charge is 0.270 e. The lowest BCUT2D eigenvalue weighted by Gasteiger charge is -2.30. The predicted molar refractivity (Wildman–Crippen MR) is 113 cm³/mol. The summed E-state index contributed by atoms with van der Waals surface area (Å²) in [5.41, 5.74) is 2.18. The van der Waals surface area contributed by atoms with E-state index in [0.29, 0.717) is 41.9 Å². The first-order chi connectivity index (χ1) is 14.1. The maximum Gasteiger partial charge on any atom is 0.270 e. The molecule has 2 aromatic carbocycles. The van der Waals surface area contributed by atoms with Crippen LogP contribution in [0, 0.1) is 10.1 Å². The second-order valence-electron chi connectivity index (χ2n) is 6.42. The van der Waals surface area contributed by atoms with Crippen LogP contribution in [0.2, 0.25) is 0 Å². The number of amidine groups is 1. The van der Waals surface area contributed by atoms with Gasteiger partial charge in [0.1, 0.15) is 0 Å². The van der Waals surface area contributed by atoms with Crippen molar-refractivity contribution in [3.05, 3.63) is 69.1 Å². The Labute approximate surface area is 171 Å². The van der Waals surface area contributed by atoms with Gasteiger partial charge in [-0.05, 0) is 36.0 Å². The minimum atomic E-state index is -0.435. The zero-order valence-electron chi connectivity index (χ0n) is 15.4. The molecule has 2 saturated heterocycles. The number of aliphatic imine (C=N–C) groups is 1. The fourth-order valence-corrected chi connectivity index (χ4v) is 3.94. The predicted octanol–water partition coefficient (Wildman–Crippen LogP) is 3.32. The summed E-state index contributed by atoms with van der Waals surface area (Å²) in [6, 6.07) is 14.0. The first kappa shape index (κ1) is 19.2.